The van der Waals surface area contributed by atoms with E-state index in [0.717, 1.165) is 9.87 Å². The van der Waals surface area contributed by atoms with Crippen LogP contribution < -0.4 is 9.62 Å². The van der Waals surface area contributed by atoms with E-state index >= 15 is 0 Å². The maximum atomic E-state index is 12.3. The number of hydrogen-bond donors (Lipinski definition) is 1. The number of sulfonamides is 1. The summed E-state index contributed by atoms with van der Waals surface area (Å²) in [5.74, 6) is -0.892. The molecule has 1 N–H and O–H groups in total. The molecule has 1 aliphatic heterocycles. The number of nitrogens with zero attached hydrogens (tertiary/aromatic N) is 1. The van der Waals surface area contributed by atoms with Gasteiger partial charge in [0.25, 0.3) is 5.91 Å². The first-order chi connectivity index (χ1) is 11.9. The third-order valence-electron chi connectivity index (χ3n) is 4.09. The van der Waals surface area contributed by atoms with Gasteiger partial charge in [0.1, 0.15) is 0 Å². The number of rotatable bonds is 4. The van der Waals surface area contributed by atoms with Gasteiger partial charge in [0.15, 0.2) is 0 Å². The quantitative estimate of drug-likeness (QED) is 0.908. The van der Waals surface area contributed by atoms with Crippen molar-refractivity contribution < 1.29 is 18.0 Å². The van der Waals surface area contributed by atoms with Gasteiger partial charge in [-0.2, -0.15) is 0 Å². The van der Waals surface area contributed by atoms with Gasteiger partial charge >= 0.3 is 0 Å². The number of benzene rings is 2. The summed E-state index contributed by atoms with van der Waals surface area (Å²) in [6.45, 7) is 1.89. The summed E-state index contributed by atoms with van der Waals surface area (Å²) in [6, 6.07) is 15.4. The lowest BCUT2D eigenvalue weighted by molar-refractivity contribution is -0.116. The molecule has 2 aromatic carbocycles. The Hall–Kier alpha value is -2.67. The monoisotopic (exact) mass is 358 g/mol. The SMILES string of the molecule is CC(NC(=O)c1ccc(N2C(=O)CCS2(=O)=O)cc1)c1ccccc1. The van der Waals surface area contributed by atoms with Gasteiger partial charge in [-0.25, -0.2) is 12.7 Å². The molecule has 7 heteroatoms. The summed E-state index contributed by atoms with van der Waals surface area (Å²) in [7, 11) is -3.59. The molecule has 1 fully saturated rings. The van der Waals surface area contributed by atoms with Gasteiger partial charge in [0.2, 0.25) is 15.9 Å². The average molecular weight is 358 g/mol. The van der Waals surface area contributed by atoms with Crippen LogP contribution in [0.5, 0.6) is 0 Å². The number of nitrogens with one attached hydrogen (secondary N) is 1. The van der Waals surface area contributed by atoms with Crippen LogP contribution in [-0.2, 0) is 14.8 Å². The van der Waals surface area contributed by atoms with Crippen LogP contribution in [0.15, 0.2) is 54.6 Å². The molecule has 0 radical (unpaired) electrons. The Morgan fingerprint density at radius 1 is 1.08 bits per heavy atom. The molecule has 1 atom stereocenters. The zero-order valence-corrected chi connectivity index (χ0v) is 14.5. The van der Waals surface area contributed by atoms with Gasteiger partial charge < -0.3 is 5.32 Å². The summed E-state index contributed by atoms with van der Waals surface area (Å²) in [5.41, 5.74) is 1.65. The lowest BCUT2D eigenvalue weighted by Gasteiger charge is -2.16. The molecular formula is C18H18N2O4S. The van der Waals surface area contributed by atoms with Crippen LogP contribution in [0.4, 0.5) is 5.69 Å². The molecule has 0 aliphatic carbocycles. The summed E-state index contributed by atoms with van der Waals surface area (Å²) < 4.78 is 24.6. The molecular weight excluding hydrogens is 340 g/mol. The lowest BCUT2D eigenvalue weighted by Crippen LogP contribution is -2.29. The van der Waals surface area contributed by atoms with E-state index in [0.29, 0.717) is 5.56 Å². The van der Waals surface area contributed by atoms with E-state index in [1.54, 1.807) is 0 Å². The highest BCUT2D eigenvalue weighted by Gasteiger charge is 2.36. The Morgan fingerprint density at radius 2 is 1.72 bits per heavy atom. The first kappa shape index (κ1) is 17.2. The molecule has 130 valence electrons. The van der Waals surface area contributed by atoms with Crippen LogP contribution in [0.25, 0.3) is 0 Å². The van der Waals surface area contributed by atoms with E-state index in [1.807, 2.05) is 37.3 Å². The Kier molecular flexibility index (Phi) is 4.59. The third kappa shape index (κ3) is 3.56. The van der Waals surface area contributed by atoms with E-state index in [4.69, 9.17) is 0 Å². The van der Waals surface area contributed by atoms with Crippen molar-refractivity contribution >= 4 is 27.5 Å². The second-order valence-corrected chi connectivity index (χ2v) is 7.81. The smallest absolute Gasteiger partial charge is 0.251 e. The number of carbonyl (C=O) groups is 2. The third-order valence-corrected chi connectivity index (χ3v) is 5.78. The van der Waals surface area contributed by atoms with E-state index in [-0.39, 0.29) is 29.8 Å². The van der Waals surface area contributed by atoms with Crippen molar-refractivity contribution in [2.45, 2.75) is 19.4 Å². The zero-order chi connectivity index (χ0) is 18.0. The molecule has 0 saturated carbocycles. The molecule has 2 aromatic rings. The van der Waals surface area contributed by atoms with E-state index in [2.05, 4.69) is 5.32 Å². The molecule has 6 nitrogen and oxygen atoms in total. The average Bonchev–Trinajstić information content (AvgIpc) is 2.88. The molecule has 1 aliphatic rings. The van der Waals surface area contributed by atoms with Crippen molar-refractivity contribution in [3.8, 4) is 0 Å². The van der Waals surface area contributed by atoms with Crippen molar-refractivity contribution in [2.75, 3.05) is 10.1 Å². The lowest BCUT2D eigenvalue weighted by atomic mass is 10.1. The summed E-state index contributed by atoms with van der Waals surface area (Å²) in [4.78, 5) is 24.1. The van der Waals surface area contributed by atoms with E-state index < -0.39 is 15.9 Å². The maximum absolute atomic E-state index is 12.3. The predicted molar refractivity (Wildman–Crippen MR) is 94.7 cm³/mol. The maximum Gasteiger partial charge on any atom is 0.251 e. The normalized spacial score (nSPS) is 17.3. The molecule has 3 rings (SSSR count). The van der Waals surface area contributed by atoms with Gasteiger partial charge in [-0.3, -0.25) is 9.59 Å². The highest BCUT2D eigenvalue weighted by atomic mass is 32.2. The van der Waals surface area contributed by atoms with Crippen LogP contribution in [0, 0.1) is 0 Å². The van der Waals surface area contributed by atoms with Crippen molar-refractivity contribution in [1.82, 2.24) is 5.32 Å². The summed E-state index contributed by atoms with van der Waals surface area (Å²) >= 11 is 0. The number of amides is 2. The van der Waals surface area contributed by atoms with E-state index in [1.165, 1.54) is 24.3 Å². The zero-order valence-electron chi connectivity index (χ0n) is 13.7. The first-order valence-corrected chi connectivity index (χ1v) is 9.51. The van der Waals surface area contributed by atoms with Gasteiger partial charge in [-0.15, -0.1) is 0 Å². The topological polar surface area (TPSA) is 83.6 Å². The second-order valence-electron chi connectivity index (χ2n) is 5.88. The Balaban J connectivity index is 1.74. The van der Waals surface area contributed by atoms with Gasteiger partial charge in [-0.05, 0) is 36.8 Å². The minimum Gasteiger partial charge on any atom is -0.346 e. The number of hydrogen-bond acceptors (Lipinski definition) is 4. The van der Waals surface area contributed by atoms with Gasteiger partial charge in [0.05, 0.1) is 17.5 Å². The summed E-state index contributed by atoms with van der Waals surface area (Å²) in [5, 5.41) is 2.89. The molecule has 0 bridgehead atoms. The Morgan fingerprint density at radius 3 is 2.28 bits per heavy atom. The summed E-state index contributed by atoms with van der Waals surface area (Å²) in [6.07, 6.45) is -0.0147. The van der Waals surface area contributed by atoms with Crippen LogP contribution >= 0.6 is 0 Å². The van der Waals surface area contributed by atoms with Crippen molar-refractivity contribution in [3.05, 3.63) is 65.7 Å². The molecule has 25 heavy (non-hydrogen) atoms. The molecule has 1 heterocycles. The fourth-order valence-electron chi connectivity index (χ4n) is 2.72. The molecule has 0 spiro atoms. The molecule has 1 unspecified atom stereocenters. The molecule has 0 aromatic heterocycles. The van der Waals surface area contributed by atoms with Crippen LogP contribution in [0.3, 0.4) is 0 Å². The first-order valence-electron chi connectivity index (χ1n) is 7.90. The highest BCUT2D eigenvalue weighted by Crippen LogP contribution is 2.25. The van der Waals surface area contributed by atoms with Crippen molar-refractivity contribution in [2.24, 2.45) is 0 Å². The fourth-order valence-corrected chi connectivity index (χ4v) is 4.18. The fraction of sp³-hybridized carbons (Fsp3) is 0.222. The van der Waals surface area contributed by atoms with Crippen LogP contribution in [-0.4, -0.2) is 26.0 Å². The second kappa shape index (κ2) is 6.68. The van der Waals surface area contributed by atoms with Crippen molar-refractivity contribution in [3.63, 3.8) is 0 Å². The molecule has 2 amide bonds. The highest BCUT2D eigenvalue weighted by molar-refractivity contribution is 7.94. The van der Waals surface area contributed by atoms with E-state index in [9.17, 15) is 18.0 Å². The minimum absolute atomic E-state index is 0.0147. The standard InChI is InChI=1S/C18H18N2O4S/c1-13(14-5-3-2-4-6-14)19-18(22)15-7-9-16(10-8-15)20-17(21)11-12-25(20,23)24/h2-10,13H,11-12H2,1H3,(H,19,22). The van der Waals surface area contributed by atoms with Crippen LogP contribution in [0.2, 0.25) is 0 Å². The largest absolute Gasteiger partial charge is 0.346 e. The minimum atomic E-state index is -3.59. The number of anilines is 1. The van der Waals surface area contributed by atoms with Crippen molar-refractivity contribution in [1.29, 1.82) is 0 Å². The van der Waals surface area contributed by atoms with Gasteiger partial charge in [0, 0.05) is 12.0 Å². The van der Waals surface area contributed by atoms with Crippen LogP contribution in [0.1, 0.15) is 35.3 Å². The van der Waals surface area contributed by atoms with Gasteiger partial charge in [-0.1, -0.05) is 30.3 Å². The predicted octanol–water partition coefficient (Wildman–Crippen LogP) is 2.24. The Bertz CT molecular complexity index is 892. The molecule has 1 saturated heterocycles. The number of carbonyl (C=O) groups excluding carboxylic acids is 2. The Labute approximate surface area is 146 Å².